The second-order valence-electron chi connectivity index (χ2n) is 17.8. The van der Waals surface area contributed by atoms with Crippen LogP contribution in [0.1, 0.15) is 181 Å². The van der Waals surface area contributed by atoms with Gasteiger partial charge in [0.2, 0.25) is 0 Å². The van der Waals surface area contributed by atoms with Crippen LogP contribution in [0.15, 0.2) is 109 Å². The minimum absolute atomic E-state index is 0.0439. The summed E-state index contributed by atoms with van der Waals surface area (Å²) < 4.78 is 17.3. The van der Waals surface area contributed by atoms with E-state index in [2.05, 4.69) is 86.8 Å². The molecule has 0 heterocycles. The predicted octanol–water partition coefficient (Wildman–Crippen LogP) is 14.8. The summed E-state index contributed by atoms with van der Waals surface area (Å²) in [6.07, 6.45) is 64.1. The molecule has 0 bridgehead atoms. The molecule has 0 aromatic heterocycles. The smallest absolute Gasteiger partial charge is 0.362 e. The lowest BCUT2D eigenvalue weighted by molar-refractivity contribution is -0.887. The summed E-state index contributed by atoms with van der Waals surface area (Å²) in [6.45, 7) is 4.50. The number of hydrogen-bond donors (Lipinski definition) is 1. The van der Waals surface area contributed by atoms with Crippen LogP contribution in [0, 0.1) is 0 Å². The number of carboxylic acids is 1. The number of rotatable bonds is 44. The van der Waals surface area contributed by atoms with Crippen molar-refractivity contribution in [2.45, 2.75) is 193 Å². The van der Waals surface area contributed by atoms with Crippen molar-refractivity contribution in [3.05, 3.63) is 109 Å². The van der Waals surface area contributed by atoms with E-state index in [1.54, 1.807) is 0 Å². The number of quaternary nitrogens is 1. The fourth-order valence-corrected chi connectivity index (χ4v) is 6.88. The Kier molecular flexibility index (Phi) is 43.6. The van der Waals surface area contributed by atoms with Gasteiger partial charge in [0.25, 0.3) is 0 Å². The molecule has 2 unspecified atom stereocenters. The maximum absolute atomic E-state index is 12.8. The van der Waals surface area contributed by atoms with E-state index < -0.39 is 18.1 Å². The van der Waals surface area contributed by atoms with Gasteiger partial charge >= 0.3 is 17.9 Å². The molecule has 0 amide bonds. The van der Waals surface area contributed by atoms with Crippen LogP contribution in [-0.4, -0.2) is 80.6 Å². The van der Waals surface area contributed by atoms with Crippen LogP contribution in [0.5, 0.6) is 0 Å². The highest BCUT2D eigenvalue weighted by Gasteiger charge is 2.31. The second kappa shape index (κ2) is 46.5. The van der Waals surface area contributed by atoms with Crippen molar-refractivity contribution in [3.63, 3.8) is 0 Å². The molecule has 8 heteroatoms. The molecule has 0 aromatic carbocycles. The van der Waals surface area contributed by atoms with Crippen LogP contribution < -0.4 is 0 Å². The van der Waals surface area contributed by atoms with Crippen LogP contribution in [0.4, 0.5) is 0 Å². The molecule has 0 aromatic rings. The monoisotopic (exact) mass is 905 g/mol. The van der Waals surface area contributed by atoms with Crippen molar-refractivity contribution in [2.75, 3.05) is 41.0 Å². The molecule has 8 nitrogen and oxygen atoms in total. The zero-order valence-electron chi connectivity index (χ0n) is 41.9. The van der Waals surface area contributed by atoms with Gasteiger partial charge in [-0.15, -0.1) is 0 Å². The number of aliphatic carboxylic acids is 1. The zero-order chi connectivity index (χ0) is 47.7. The molecular formula is C57H94NO7+. The minimum Gasteiger partial charge on any atom is -0.477 e. The average molecular weight is 905 g/mol. The van der Waals surface area contributed by atoms with Gasteiger partial charge in [-0.3, -0.25) is 9.59 Å². The largest absolute Gasteiger partial charge is 0.477 e. The molecule has 65 heavy (non-hydrogen) atoms. The molecule has 0 aliphatic rings. The normalized spacial score (nSPS) is 13.8. The molecule has 0 saturated heterocycles. The SMILES string of the molecule is CC/C=C/C/C=C/C/C=C/C/C=C/CCCCCCCCCCCCC(=O)OC(COCCC(C(=O)O)[N+](C)(C)C)COC(=O)CCCCCCC/C=C/C=C/C=C/C=C/C=C/CCC. The number of likely N-dealkylation sites (N-methyl/N-ethyl adjacent to an activating group) is 1. The van der Waals surface area contributed by atoms with E-state index in [-0.39, 0.29) is 36.2 Å². The highest BCUT2D eigenvalue weighted by atomic mass is 16.6. The number of carboxylic acid groups (broad SMARTS) is 1. The highest BCUT2D eigenvalue weighted by molar-refractivity contribution is 5.72. The van der Waals surface area contributed by atoms with E-state index in [0.29, 0.717) is 19.3 Å². The molecule has 1 N–H and O–H groups in total. The van der Waals surface area contributed by atoms with Gasteiger partial charge < -0.3 is 23.8 Å². The molecule has 0 aliphatic heterocycles. The number of hydrogen-bond acceptors (Lipinski definition) is 6. The maximum atomic E-state index is 12.8. The first-order valence-electron chi connectivity index (χ1n) is 25.5. The van der Waals surface area contributed by atoms with Gasteiger partial charge in [-0.1, -0.05) is 200 Å². The van der Waals surface area contributed by atoms with Gasteiger partial charge in [0.15, 0.2) is 12.1 Å². The van der Waals surface area contributed by atoms with Crippen LogP contribution in [0.3, 0.4) is 0 Å². The van der Waals surface area contributed by atoms with Crippen molar-refractivity contribution >= 4 is 17.9 Å². The first kappa shape index (κ1) is 61.0. The Morgan fingerprint density at radius 2 is 0.923 bits per heavy atom. The van der Waals surface area contributed by atoms with Crippen LogP contribution in [-0.2, 0) is 28.6 Å². The topological polar surface area (TPSA) is 99.1 Å². The van der Waals surface area contributed by atoms with Crippen LogP contribution in [0.2, 0.25) is 0 Å². The van der Waals surface area contributed by atoms with E-state index in [1.807, 2.05) is 57.6 Å². The number of ether oxygens (including phenoxy) is 3. The molecule has 0 fully saturated rings. The van der Waals surface area contributed by atoms with Gasteiger partial charge in [-0.25, -0.2) is 4.79 Å². The fraction of sp³-hybridized carbons (Fsp3) is 0.632. The third-order valence-corrected chi connectivity index (χ3v) is 10.8. The fourth-order valence-electron chi connectivity index (χ4n) is 6.88. The first-order chi connectivity index (χ1) is 31.6. The molecule has 0 rings (SSSR count). The first-order valence-corrected chi connectivity index (χ1v) is 25.5. The number of esters is 2. The quantitative estimate of drug-likeness (QED) is 0.0214. The number of nitrogens with zero attached hydrogens (tertiary/aromatic N) is 1. The van der Waals surface area contributed by atoms with E-state index in [9.17, 15) is 19.5 Å². The average Bonchev–Trinajstić information content (AvgIpc) is 3.27. The van der Waals surface area contributed by atoms with Gasteiger partial charge in [-0.2, -0.15) is 0 Å². The third-order valence-electron chi connectivity index (χ3n) is 10.8. The molecule has 0 saturated carbocycles. The summed E-state index contributed by atoms with van der Waals surface area (Å²) in [5, 5.41) is 9.66. The second-order valence-corrected chi connectivity index (χ2v) is 17.8. The predicted molar refractivity (Wildman–Crippen MR) is 275 cm³/mol. The molecule has 368 valence electrons. The van der Waals surface area contributed by atoms with Crippen LogP contribution >= 0.6 is 0 Å². The summed E-state index contributed by atoms with van der Waals surface area (Å²) in [4.78, 5) is 37.2. The third kappa shape index (κ3) is 45.0. The van der Waals surface area contributed by atoms with Crippen molar-refractivity contribution in [3.8, 4) is 0 Å². The number of carbonyl (C=O) groups is 3. The van der Waals surface area contributed by atoms with Gasteiger partial charge in [0.1, 0.15) is 6.61 Å². The molecule has 0 radical (unpaired) electrons. The number of carbonyl (C=O) groups excluding carboxylic acids is 2. The maximum Gasteiger partial charge on any atom is 0.362 e. The van der Waals surface area contributed by atoms with Gasteiger partial charge in [0, 0.05) is 19.3 Å². The van der Waals surface area contributed by atoms with Crippen molar-refractivity contribution in [1.29, 1.82) is 0 Å². The molecule has 2 atom stereocenters. The minimum atomic E-state index is -0.884. The summed E-state index contributed by atoms with van der Waals surface area (Å²) in [5.74, 6) is -1.52. The Morgan fingerprint density at radius 1 is 0.492 bits per heavy atom. The van der Waals surface area contributed by atoms with E-state index >= 15 is 0 Å². The van der Waals surface area contributed by atoms with E-state index in [0.717, 1.165) is 96.3 Å². The van der Waals surface area contributed by atoms with Gasteiger partial charge in [0.05, 0.1) is 34.4 Å². The lowest BCUT2D eigenvalue weighted by atomic mass is 10.0. The Hall–Kier alpha value is -4.01. The summed E-state index contributed by atoms with van der Waals surface area (Å²) in [5.41, 5.74) is 0. The zero-order valence-corrected chi connectivity index (χ0v) is 41.9. The Morgan fingerprint density at radius 3 is 1.42 bits per heavy atom. The van der Waals surface area contributed by atoms with E-state index in [4.69, 9.17) is 14.2 Å². The van der Waals surface area contributed by atoms with Gasteiger partial charge in [-0.05, 0) is 70.6 Å². The highest BCUT2D eigenvalue weighted by Crippen LogP contribution is 2.14. The lowest BCUT2D eigenvalue weighted by Gasteiger charge is -2.31. The summed E-state index contributed by atoms with van der Waals surface area (Å²) >= 11 is 0. The number of unbranched alkanes of at least 4 members (excludes halogenated alkanes) is 16. The summed E-state index contributed by atoms with van der Waals surface area (Å²) in [6, 6.07) is -0.627. The van der Waals surface area contributed by atoms with Crippen molar-refractivity contribution in [2.24, 2.45) is 0 Å². The Labute approximate surface area is 398 Å². The standard InChI is InChI=1S/C57H93NO7/c1-6-8-10-12-14-16-18-20-22-24-26-27-28-29-30-32-34-36-38-40-42-44-46-48-56(60)65-53(51-63-50-49-54(57(61)62)58(3,4)5)52-64-55(59)47-45-43-41-39-37-35-33-31-25-23-21-19-17-15-13-11-9-7-2/h8,10-11,13-17,19-23,25-27,31,33,53-54H,6-7,9,12,18,24,28-30,32,34-52H2,1-5H3/p+1/b10-8+,13-11+,16-14+,17-15+,21-19+,22-20+,25-23+,27-26+,33-31+. The van der Waals surface area contributed by atoms with Crippen molar-refractivity contribution < 1.29 is 38.2 Å². The Bertz CT molecular complexity index is 1420. The summed E-state index contributed by atoms with van der Waals surface area (Å²) in [7, 11) is 5.51. The van der Waals surface area contributed by atoms with Crippen molar-refractivity contribution in [1.82, 2.24) is 0 Å². The van der Waals surface area contributed by atoms with Crippen LogP contribution in [0.25, 0.3) is 0 Å². The molecule has 0 aliphatic carbocycles. The Balaban J connectivity index is 4.32. The lowest BCUT2D eigenvalue weighted by Crippen LogP contribution is -2.50. The molecular weight excluding hydrogens is 811 g/mol. The molecule has 0 spiro atoms. The van der Waals surface area contributed by atoms with E-state index in [1.165, 1.54) is 51.4 Å². The number of allylic oxidation sites excluding steroid dienone is 18.